The minimum absolute atomic E-state index is 0.0185. The molecule has 1 aliphatic heterocycles. The van der Waals surface area contributed by atoms with Crippen LogP contribution in [0.5, 0.6) is 5.75 Å². The molecule has 194 valence electrons. The van der Waals surface area contributed by atoms with Gasteiger partial charge in [-0.15, -0.1) is 0 Å². The van der Waals surface area contributed by atoms with Gasteiger partial charge < -0.3 is 14.8 Å². The van der Waals surface area contributed by atoms with Crippen LogP contribution in [0.25, 0.3) is 6.08 Å². The third-order valence-electron chi connectivity index (χ3n) is 5.21. The predicted molar refractivity (Wildman–Crippen MR) is 153 cm³/mol. The lowest BCUT2D eigenvalue weighted by molar-refractivity contribution is -0.118. The Hall–Kier alpha value is -3.60. The number of halogens is 2. The first-order valence-corrected chi connectivity index (χ1v) is 13.3. The van der Waals surface area contributed by atoms with Crippen LogP contribution < -0.4 is 15.0 Å². The fourth-order valence-corrected chi connectivity index (χ4v) is 4.82. The van der Waals surface area contributed by atoms with Crippen LogP contribution in [0.15, 0.2) is 76.1 Å². The van der Waals surface area contributed by atoms with E-state index in [0.717, 1.165) is 16.2 Å². The Morgan fingerprint density at radius 2 is 1.82 bits per heavy atom. The van der Waals surface area contributed by atoms with Crippen molar-refractivity contribution in [1.82, 2.24) is 0 Å². The van der Waals surface area contributed by atoms with Crippen molar-refractivity contribution in [3.63, 3.8) is 0 Å². The summed E-state index contributed by atoms with van der Waals surface area (Å²) in [6, 6.07) is 18.2. The van der Waals surface area contributed by atoms with Crippen molar-refractivity contribution in [3.8, 4) is 5.75 Å². The average Bonchev–Trinajstić information content (AvgIpc) is 3.17. The zero-order chi connectivity index (χ0) is 27.2. The van der Waals surface area contributed by atoms with Crippen LogP contribution >= 0.6 is 39.3 Å². The lowest BCUT2D eigenvalue weighted by atomic mass is 10.1. The fraction of sp³-hybridized carbons (Fsp3) is 0.111. The lowest BCUT2D eigenvalue weighted by Crippen LogP contribution is -2.28. The Morgan fingerprint density at radius 3 is 2.50 bits per heavy atom. The maximum atomic E-state index is 13.2. The molecule has 0 bridgehead atoms. The summed E-state index contributed by atoms with van der Waals surface area (Å²) >= 11 is 10.3. The molecule has 3 aromatic carbocycles. The largest absolute Gasteiger partial charge is 0.483 e. The second-order valence-electron chi connectivity index (χ2n) is 7.85. The number of nitrogens with zero attached hydrogens (tertiary/aromatic N) is 1. The Bertz CT molecular complexity index is 1430. The SMILES string of the molecule is CCOC(=O)c1ccc(N2C(=N)S/C(=C\c3cc(Br)ccc3OCC(=O)Nc3ccc(Cl)cc3)C2=O)cc1. The monoisotopic (exact) mass is 613 g/mol. The van der Waals surface area contributed by atoms with Gasteiger partial charge in [-0.3, -0.25) is 19.9 Å². The van der Waals surface area contributed by atoms with E-state index >= 15 is 0 Å². The van der Waals surface area contributed by atoms with Crippen LogP contribution in [-0.4, -0.2) is 36.2 Å². The van der Waals surface area contributed by atoms with E-state index in [1.165, 1.54) is 4.90 Å². The molecule has 1 fully saturated rings. The van der Waals surface area contributed by atoms with E-state index in [4.69, 9.17) is 26.5 Å². The first-order valence-electron chi connectivity index (χ1n) is 11.3. The van der Waals surface area contributed by atoms with Gasteiger partial charge in [-0.05, 0) is 91.5 Å². The number of amides is 2. The number of esters is 1. The lowest BCUT2D eigenvalue weighted by Gasteiger charge is -2.14. The molecule has 1 heterocycles. The van der Waals surface area contributed by atoms with E-state index in [0.29, 0.717) is 38.2 Å². The summed E-state index contributed by atoms with van der Waals surface area (Å²) in [4.78, 5) is 39.1. The molecule has 2 N–H and O–H groups in total. The molecule has 0 aromatic heterocycles. The first-order chi connectivity index (χ1) is 18.2. The molecule has 0 spiro atoms. The third-order valence-corrected chi connectivity index (χ3v) is 6.84. The van der Waals surface area contributed by atoms with Crippen molar-refractivity contribution in [2.75, 3.05) is 23.4 Å². The van der Waals surface area contributed by atoms with Crippen molar-refractivity contribution in [2.24, 2.45) is 0 Å². The Morgan fingerprint density at radius 1 is 1.11 bits per heavy atom. The number of amidine groups is 1. The topological polar surface area (TPSA) is 109 Å². The molecular formula is C27H21BrClN3O5S. The zero-order valence-electron chi connectivity index (χ0n) is 20.0. The molecule has 1 saturated heterocycles. The van der Waals surface area contributed by atoms with Crippen LogP contribution in [0.2, 0.25) is 5.02 Å². The Kier molecular flexibility index (Phi) is 8.88. The van der Waals surface area contributed by atoms with Gasteiger partial charge in [0.25, 0.3) is 11.8 Å². The summed E-state index contributed by atoms with van der Waals surface area (Å²) < 4.78 is 11.5. The summed E-state index contributed by atoms with van der Waals surface area (Å²) in [7, 11) is 0. The number of anilines is 2. The van der Waals surface area contributed by atoms with Gasteiger partial charge in [-0.1, -0.05) is 27.5 Å². The zero-order valence-corrected chi connectivity index (χ0v) is 23.2. The van der Waals surface area contributed by atoms with E-state index in [9.17, 15) is 14.4 Å². The van der Waals surface area contributed by atoms with Crippen molar-refractivity contribution in [2.45, 2.75) is 6.92 Å². The summed E-state index contributed by atoms with van der Waals surface area (Å²) in [5.41, 5.74) is 1.95. The van der Waals surface area contributed by atoms with Crippen LogP contribution in [-0.2, 0) is 14.3 Å². The van der Waals surface area contributed by atoms with E-state index < -0.39 is 11.9 Å². The summed E-state index contributed by atoms with van der Waals surface area (Å²) in [5.74, 6) is -0.820. The van der Waals surface area contributed by atoms with Gasteiger partial charge in [0.2, 0.25) is 0 Å². The normalized spacial score (nSPS) is 14.1. The van der Waals surface area contributed by atoms with Crippen molar-refractivity contribution in [1.29, 1.82) is 5.41 Å². The maximum Gasteiger partial charge on any atom is 0.338 e. The first kappa shape index (κ1) is 27.4. The smallest absolute Gasteiger partial charge is 0.338 e. The standard InChI is InChI=1S/C27H21BrClN3O5S/c1-2-36-26(35)16-3-10-21(11-4-16)32-25(34)23(38-27(32)30)14-17-13-18(28)5-12-22(17)37-15-24(33)31-20-8-6-19(29)7-9-20/h3-14,30H,2,15H2,1H3,(H,31,33)/b23-14-,30-27?. The number of carbonyl (C=O) groups is 3. The van der Waals surface area contributed by atoms with Gasteiger partial charge in [0, 0.05) is 20.7 Å². The number of hydrogen-bond acceptors (Lipinski definition) is 7. The van der Waals surface area contributed by atoms with Crippen LogP contribution in [0.3, 0.4) is 0 Å². The molecule has 0 atom stereocenters. The van der Waals surface area contributed by atoms with E-state index in [-0.39, 0.29) is 24.3 Å². The number of ether oxygens (including phenoxy) is 2. The molecule has 8 nitrogen and oxygen atoms in total. The van der Waals surface area contributed by atoms with Gasteiger partial charge in [0.15, 0.2) is 11.8 Å². The molecular weight excluding hydrogens is 594 g/mol. The molecule has 38 heavy (non-hydrogen) atoms. The van der Waals surface area contributed by atoms with Crippen LogP contribution in [0.1, 0.15) is 22.8 Å². The third kappa shape index (κ3) is 6.63. The van der Waals surface area contributed by atoms with Gasteiger partial charge >= 0.3 is 5.97 Å². The molecule has 2 amide bonds. The van der Waals surface area contributed by atoms with Crippen molar-refractivity contribution in [3.05, 3.63) is 92.3 Å². The van der Waals surface area contributed by atoms with Crippen molar-refractivity contribution < 1.29 is 23.9 Å². The summed E-state index contributed by atoms with van der Waals surface area (Å²) in [6.45, 7) is 1.73. The summed E-state index contributed by atoms with van der Waals surface area (Å²) in [6.07, 6.45) is 1.62. The van der Waals surface area contributed by atoms with Crippen molar-refractivity contribution >= 4 is 79.7 Å². The van der Waals surface area contributed by atoms with Gasteiger partial charge in [0.05, 0.1) is 22.8 Å². The highest BCUT2D eigenvalue weighted by atomic mass is 79.9. The van der Waals surface area contributed by atoms with Gasteiger partial charge in [-0.25, -0.2) is 4.79 Å². The molecule has 4 rings (SSSR count). The molecule has 1 aliphatic rings. The average molecular weight is 615 g/mol. The van der Waals surface area contributed by atoms with Gasteiger partial charge in [0.1, 0.15) is 5.75 Å². The van der Waals surface area contributed by atoms with E-state index in [1.807, 2.05) is 0 Å². The Balaban J connectivity index is 1.49. The number of benzene rings is 3. The highest BCUT2D eigenvalue weighted by Gasteiger charge is 2.34. The number of carbonyl (C=O) groups excluding carboxylic acids is 3. The minimum Gasteiger partial charge on any atom is -0.483 e. The summed E-state index contributed by atoms with van der Waals surface area (Å²) in [5, 5.41) is 11.7. The highest BCUT2D eigenvalue weighted by molar-refractivity contribution is 9.10. The molecule has 0 unspecified atom stereocenters. The molecule has 0 saturated carbocycles. The number of thioether (sulfide) groups is 1. The molecule has 11 heteroatoms. The maximum absolute atomic E-state index is 13.2. The Labute approximate surface area is 236 Å². The van der Waals surface area contributed by atoms with Gasteiger partial charge in [-0.2, -0.15) is 0 Å². The number of nitrogens with one attached hydrogen (secondary N) is 2. The van der Waals surface area contributed by atoms with Crippen LogP contribution in [0.4, 0.5) is 11.4 Å². The number of hydrogen-bond donors (Lipinski definition) is 2. The van der Waals surface area contributed by atoms with E-state index in [1.54, 1.807) is 79.7 Å². The molecule has 3 aromatic rings. The predicted octanol–water partition coefficient (Wildman–Crippen LogP) is 6.35. The quantitative estimate of drug-likeness (QED) is 0.226. The van der Waals surface area contributed by atoms with Crippen LogP contribution in [0, 0.1) is 5.41 Å². The fourth-order valence-electron chi connectivity index (χ4n) is 3.46. The number of rotatable bonds is 8. The molecule has 0 aliphatic carbocycles. The highest BCUT2D eigenvalue weighted by Crippen LogP contribution is 2.37. The second kappa shape index (κ2) is 12.3. The molecule has 0 radical (unpaired) electrons. The second-order valence-corrected chi connectivity index (χ2v) is 10.2. The minimum atomic E-state index is -0.458. The van der Waals surface area contributed by atoms with E-state index in [2.05, 4.69) is 21.2 Å².